The largest absolute Gasteiger partial charge is 0.481 e. The van der Waals surface area contributed by atoms with Crippen LogP contribution in [0.4, 0.5) is 0 Å². The lowest BCUT2D eigenvalue weighted by Crippen LogP contribution is -2.05. The van der Waals surface area contributed by atoms with Gasteiger partial charge in [-0.1, -0.05) is 17.7 Å². The molecule has 4 N–H and O–H groups in total. The van der Waals surface area contributed by atoms with Gasteiger partial charge in [0, 0.05) is 11.6 Å². The highest BCUT2D eigenvalue weighted by molar-refractivity contribution is 6.42. The van der Waals surface area contributed by atoms with Gasteiger partial charge in [-0.05, 0) is 6.92 Å². The zero-order valence-electron chi connectivity index (χ0n) is 9.66. The first-order chi connectivity index (χ1) is 8.61. The molecule has 0 rings (SSSR count). The van der Waals surface area contributed by atoms with Gasteiger partial charge in [0.1, 0.15) is 5.03 Å². The fourth-order valence-electron chi connectivity index (χ4n) is 0.634. The molecule has 0 heterocycles. The van der Waals surface area contributed by atoms with Crippen LogP contribution in [-0.4, -0.2) is 44.3 Å². The van der Waals surface area contributed by atoms with E-state index in [9.17, 15) is 19.2 Å². The Morgan fingerprint density at radius 1 is 1.00 bits per heavy atom. The predicted molar refractivity (Wildman–Crippen MR) is 62.9 cm³/mol. The lowest BCUT2D eigenvalue weighted by Gasteiger charge is -1.93. The van der Waals surface area contributed by atoms with Gasteiger partial charge in [-0.15, -0.1) is 0 Å². The molecule has 0 aliphatic heterocycles. The smallest absolute Gasteiger partial charge is 0.347 e. The third-order valence-corrected chi connectivity index (χ3v) is 1.69. The molecule has 0 spiro atoms. The highest BCUT2D eigenvalue weighted by Gasteiger charge is 2.09. The second-order valence-electron chi connectivity index (χ2n) is 2.83. The van der Waals surface area contributed by atoms with E-state index in [0.29, 0.717) is 6.08 Å². The highest BCUT2D eigenvalue weighted by atomic mass is 35.5. The molecule has 0 aliphatic carbocycles. The molecule has 0 radical (unpaired) electrons. The van der Waals surface area contributed by atoms with Crippen molar-refractivity contribution in [3.8, 4) is 0 Å². The number of allylic oxidation sites excluding steroid dienone is 1. The summed E-state index contributed by atoms with van der Waals surface area (Å²) >= 11 is 4.89. The Bertz CT molecular complexity index is 435. The number of hydrogen-bond donors (Lipinski definition) is 4. The van der Waals surface area contributed by atoms with Crippen molar-refractivity contribution in [2.45, 2.75) is 13.3 Å². The summed E-state index contributed by atoms with van der Waals surface area (Å²) in [6, 6.07) is 0. The number of hydrogen-bond acceptors (Lipinski definition) is 4. The Labute approximate surface area is 112 Å². The highest BCUT2D eigenvalue weighted by Crippen LogP contribution is 2.00. The third kappa shape index (κ3) is 11.9. The summed E-state index contributed by atoms with van der Waals surface area (Å²) in [5, 5.41) is 31.6. The van der Waals surface area contributed by atoms with E-state index in [2.05, 4.69) is 0 Å². The molecule has 9 heteroatoms. The van der Waals surface area contributed by atoms with E-state index in [1.54, 1.807) is 0 Å². The maximum atomic E-state index is 10.1. The molecular formula is C10H11ClO8. The van der Waals surface area contributed by atoms with Gasteiger partial charge in [-0.25, -0.2) is 14.4 Å². The molecule has 0 aliphatic rings. The summed E-state index contributed by atoms with van der Waals surface area (Å²) in [6.45, 7) is 1.49. The molecule has 8 nitrogen and oxygen atoms in total. The predicted octanol–water partition coefficient (Wildman–Crippen LogP) is 0.770. The number of carboxylic acid groups (broad SMARTS) is 4. The average Bonchev–Trinajstić information content (AvgIpc) is 2.25. The van der Waals surface area contributed by atoms with Crippen LogP contribution in [-0.2, 0) is 19.2 Å². The van der Waals surface area contributed by atoms with Crippen molar-refractivity contribution in [2.75, 3.05) is 0 Å². The van der Waals surface area contributed by atoms with E-state index < -0.39 is 35.3 Å². The van der Waals surface area contributed by atoms with Gasteiger partial charge in [0.05, 0.1) is 6.42 Å². The molecule has 0 atom stereocenters. The summed E-state index contributed by atoms with van der Waals surface area (Å²) in [6.07, 6.45) is 1.26. The van der Waals surface area contributed by atoms with E-state index in [0.717, 1.165) is 0 Å². The molecule has 0 aromatic rings. The van der Waals surface area contributed by atoms with Gasteiger partial charge in [-0.3, -0.25) is 4.79 Å². The van der Waals surface area contributed by atoms with Crippen molar-refractivity contribution in [2.24, 2.45) is 0 Å². The maximum absolute atomic E-state index is 10.1. The third-order valence-electron chi connectivity index (χ3n) is 1.42. The standard InChI is InChI=1S/C6H8O4.C4H3ClO4/c1-2-4(6(9)10)3-5(7)8;5-2(4(8)9)1-3(6)7/h2H,3H2,1H3,(H,7,8)(H,9,10);1H,(H,6,7)(H,8,9)/b;2-1+. The van der Waals surface area contributed by atoms with Crippen LogP contribution in [0.1, 0.15) is 13.3 Å². The van der Waals surface area contributed by atoms with Gasteiger partial charge in [0.25, 0.3) is 0 Å². The molecule has 106 valence electrons. The van der Waals surface area contributed by atoms with E-state index in [-0.39, 0.29) is 5.57 Å². The van der Waals surface area contributed by atoms with Crippen molar-refractivity contribution in [1.82, 2.24) is 0 Å². The number of carbonyl (C=O) groups is 4. The van der Waals surface area contributed by atoms with Crippen LogP contribution in [0.3, 0.4) is 0 Å². The summed E-state index contributed by atoms with van der Waals surface area (Å²) in [4.78, 5) is 39.6. The summed E-state index contributed by atoms with van der Waals surface area (Å²) in [5.41, 5.74) is -0.0903. The van der Waals surface area contributed by atoms with E-state index in [1.807, 2.05) is 0 Å². The minimum Gasteiger partial charge on any atom is -0.481 e. The number of rotatable bonds is 5. The van der Waals surface area contributed by atoms with Gasteiger partial charge < -0.3 is 20.4 Å². The van der Waals surface area contributed by atoms with Crippen LogP contribution in [0, 0.1) is 0 Å². The Balaban J connectivity index is 0. The molecule has 0 bridgehead atoms. The maximum Gasteiger partial charge on any atom is 0.347 e. The average molecular weight is 295 g/mol. The first-order valence-electron chi connectivity index (χ1n) is 4.55. The van der Waals surface area contributed by atoms with Crippen molar-refractivity contribution in [3.05, 3.63) is 22.8 Å². The van der Waals surface area contributed by atoms with Gasteiger partial charge in [0.2, 0.25) is 0 Å². The van der Waals surface area contributed by atoms with E-state index >= 15 is 0 Å². The summed E-state index contributed by atoms with van der Waals surface area (Å²) in [7, 11) is 0. The van der Waals surface area contributed by atoms with Gasteiger partial charge in [-0.2, -0.15) is 0 Å². The van der Waals surface area contributed by atoms with Gasteiger partial charge in [0.15, 0.2) is 0 Å². The minimum atomic E-state index is -1.45. The molecule has 0 aromatic heterocycles. The van der Waals surface area contributed by atoms with Crippen molar-refractivity contribution in [1.29, 1.82) is 0 Å². The lowest BCUT2D eigenvalue weighted by molar-refractivity contribution is -0.139. The summed E-state index contributed by atoms with van der Waals surface area (Å²) < 4.78 is 0. The summed E-state index contributed by atoms with van der Waals surface area (Å²) in [5.74, 6) is -5.12. The van der Waals surface area contributed by atoms with Crippen LogP contribution in [0.25, 0.3) is 0 Å². The second-order valence-corrected chi connectivity index (χ2v) is 3.23. The molecular weight excluding hydrogens is 284 g/mol. The second kappa shape index (κ2) is 9.66. The monoisotopic (exact) mass is 294 g/mol. The van der Waals surface area contributed by atoms with Crippen LogP contribution in [0.15, 0.2) is 22.8 Å². The van der Waals surface area contributed by atoms with Crippen molar-refractivity contribution >= 4 is 35.5 Å². The van der Waals surface area contributed by atoms with Crippen LogP contribution >= 0.6 is 11.6 Å². The van der Waals surface area contributed by atoms with Gasteiger partial charge >= 0.3 is 23.9 Å². The fraction of sp³-hybridized carbons (Fsp3) is 0.200. The molecule has 0 aromatic carbocycles. The number of halogens is 1. The molecule has 0 unspecified atom stereocenters. The molecule has 0 saturated heterocycles. The molecule has 19 heavy (non-hydrogen) atoms. The Hall–Kier alpha value is -2.35. The Morgan fingerprint density at radius 2 is 1.47 bits per heavy atom. The molecule has 0 fully saturated rings. The Morgan fingerprint density at radius 3 is 1.58 bits per heavy atom. The normalized spacial score (nSPS) is 11.1. The zero-order valence-corrected chi connectivity index (χ0v) is 10.4. The SMILES string of the molecule is CC=C(CC(=O)O)C(=O)O.O=C(O)/C=C(/Cl)C(=O)O. The van der Waals surface area contributed by atoms with Crippen molar-refractivity contribution < 1.29 is 39.6 Å². The molecule has 0 amide bonds. The number of carboxylic acids is 4. The number of aliphatic carboxylic acids is 4. The topological polar surface area (TPSA) is 149 Å². The minimum absolute atomic E-state index is 0.0903. The first kappa shape index (κ1) is 19.0. The quantitative estimate of drug-likeness (QED) is 0.543. The van der Waals surface area contributed by atoms with E-state index in [4.69, 9.17) is 32.0 Å². The van der Waals surface area contributed by atoms with Crippen LogP contribution in [0.5, 0.6) is 0 Å². The fourth-order valence-corrected chi connectivity index (χ4v) is 0.728. The van der Waals surface area contributed by atoms with E-state index in [1.165, 1.54) is 13.0 Å². The Kier molecular flexibility index (Phi) is 9.66. The van der Waals surface area contributed by atoms with Crippen LogP contribution < -0.4 is 0 Å². The zero-order chi connectivity index (χ0) is 15.6. The van der Waals surface area contributed by atoms with Crippen LogP contribution in [0.2, 0.25) is 0 Å². The molecule has 0 saturated carbocycles. The first-order valence-corrected chi connectivity index (χ1v) is 4.93. The lowest BCUT2D eigenvalue weighted by atomic mass is 10.2. The van der Waals surface area contributed by atoms with Crippen molar-refractivity contribution in [3.63, 3.8) is 0 Å².